The summed E-state index contributed by atoms with van der Waals surface area (Å²) in [5.41, 5.74) is 2.93. The lowest BCUT2D eigenvalue weighted by atomic mass is 9.92. The molecule has 2 N–H and O–H groups in total. The van der Waals surface area contributed by atoms with Gasteiger partial charge in [-0.25, -0.2) is 14.4 Å². The second-order valence-electron chi connectivity index (χ2n) is 8.86. The Morgan fingerprint density at radius 3 is 2.81 bits per heavy atom. The number of rotatable bonds is 5. The number of H-pyrrole nitrogens is 1. The largest absolute Gasteiger partial charge is 0.390 e. The monoisotopic (exact) mass is 540 g/mol. The summed E-state index contributed by atoms with van der Waals surface area (Å²) in [6, 6.07) is 6.11. The van der Waals surface area contributed by atoms with Gasteiger partial charge in [-0.3, -0.25) is 4.79 Å². The van der Waals surface area contributed by atoms with E-state index in [0.29, 0.717) is 46.9 Å². The molecule has 0 spiro atoms. The molecule has 1 saturated heterocycles. The fraction of sp³-hybridized carbons (Fsp3) is 0.250. The molecule has 1 amide bonds. The number of nitrogens with zero attached hydrogens (tertiary/aromatic N) is 7. The third-order valence-electron chi connectivity index (χ3n) is 6.77. The van der Waals surface area contributed by atoms with Crippen LogP contribution in [0.5, 0.6) is 0 Å². The van der Waals surface area contributed by atoms with E-state index in [-0.39, 0.29) is 40.3 Å². The van der Waals surface area contributed by atoms with Crippen LogP contribution in [0.1, 0.15) is 42.4 Å². The molecule has 2 aliphatic rings. The molecule has 0 bridgehead atoms. The molecule has 0 unspecified atom stereocenters. The number of imidazole rings is 1. The minimum atomic E-state index is -0.620. The van der Waals surface area contributed by atoms with Crippen molar-refractivity contribution in [3.05, 3.63) is 75.9 Å². The molecule has 2 atom stereocenters. The summed E-state index contributed by atoms with van der Waals surface area (Å²) in [4.78, 5) is 27.2. The van der Waals surface area contributed by atoms with Gasteiger partial charge in [0.1, 0.15) is 17.3 Å². The quantitative estimate of drug-likeness (QED) is 0.367. The van der Waals surface area contributed by atoms with Crippen LogP contribution in [0.25, 0.3) is 22.5 Å². The van der Waals surface area contributed by atoms with Crippen LogP contribution in [0.3, 0.4) is 0 Å². The zero-order valence-corrected chi connectivity index (χ0v) is 20.7. The molecule has 0 aliphatic carbocycles. The van der Waals surface area contributed by atoms with E-state index in [9.17, 15) is 9.90 Å². The van der Waals surface area contributed by atoms with E-state index in [1.54, 1.807) is 29.3 Å². The molecule has 1 fully saturated rings. The number of aliphatic hydroxyl groups excluding tert-OH is 1. The first-order chi connectivity index (χ1) is 17.9. The van der Waals surface area contributed by atoms with E-state index in [2.05, 4.69) is 30.5 Å². The van der Waals surface area contributed by atoms with Crippen LogP contribution in [-0.2, 0) is 11.4 Å². The molecule has 4 aromatic rings. The fourth-order valence-electron chi connectivity index (χ4n) is 5.11. The molecule has 0 radical (unpaired) electrons. The predicted octanol–water partition coefficient (Wildman–Crippen LogP) is 3.91. The summed E-state index contributed by atoms with van der Waals surface area (Å²) in [5.74, 6) is -0.223. The summed E-state index contributed by atoms with van der Waals surface area (Å²) >= 11 is 12.4. The number of aromatic nitrogens is 7. The van der Waals surface area contributed by atoms with Crippen molar-refractivity contribution in [2.75, 3.05) is 0 Å². The van der Waals surface area contributed by atoms with Crippen molar-refractivity contribution in [2.45, 2.75) is 38.0 Å². The molecule has 10 nitrogen and oxygen atoms in total. The fourth-order valence-corrected chi connectivity index (χ4v) is 5.54. The van der Waals surface area contributed by atoms with Gasteiger partial charge in [0.05, 0.1) is 40.9 Å². The van der Waals surface area contributed by atoms with Crippen LogP contribution in [0.4, 0.5) is 4.39 Å². The zero-order valence-electron chi connectivity index (χ0n) is 19.1. The van der Waals surface area contributed by atoms with E-state index >= 15 is 4.39 Å². The Morgan fingerprint density at radius 2 is 2.05 bits per heavy atom. The lowest BCUT2D eigenvalue weighted by Crippen LogP contribution is -2.39. The van der Waals surface area contributed by atoms with Crippen LogP contribution in [0.2, 0.25) is 10.2 Å². The van der Waals surface area contributed by atoms with Crippen molar-refractivity contribution in [1.29, 1.82) is 0 Å². The molecular weight excluding hydrogens is 522 g/mol. The van der Waals surface area contributed by atoms with Gasteiger partial charge in [-0.1, -0.05) is 23.2 Å². The van der Waals surface area contributed by atoms with Gasteiger partial charge in [-0.05, 0) is 59.5 Å². The Balaban J connectivity index is 1.31. The number of benzene rings is 1. The number of amides is 1. The summed E-state index contributed by atoms with van der Waals surface area (Å²) in [6.07, 6.45) is 6.33. The minimum Gasteiger partial charge on any atom is -0.390 e. The second kappa shape index (κ2) is 9.33. The SMILES string of the molecule is O=C1C=C(c2c(-n3cnnn3)ccc(Cl)c2F)C[C@H]2CC[C@@H](c3ncc(-c4ccc(CO)nc4Cl)[nH]3)N12. The molecule has 0 saturated carbocycles. The molecule has 13 heteroatoms. The molecule has 37 heavy (non-hydrogen) atoms. The molecule has 188 valence electrons. The van der Waals surface area contributed by atoms with Gasteiger partial charge >= 0.3 is 0 Å². The smallest absolute Gasteiger partial charge is 0.247 e. The van der Waals surface area contributed by atoms with E-state index in [1.165, 1.54) is 23.2 Å². The van der Waals surface area contributed by atoms with Crippen molar-refractivity contribution in [3.8, 4) is 16.9 Å². The number of pyridine rings is 1. The number of carbonyl (C=O) groups is 1. The Kier molecular flexibility index (Phi) is 5.98. The second-order valence-corrected chi connectivity index (χ2v) is 9.62. The number of aliphatic hydroxyl groups is 1. The highest BCUT2D eigenvalue weighted by Gasteiger charge is 2.42. The summed E-state index contributed by atoms with van der Waals surface area (Å²) in [6.45, 7) is -0.208. The van der Waals surface area contributed by atoms with Crippen LogP contribution >= 0.6 is 23.2 Å². The van der Waals surface area contributed by atoms with E-state index < -0.39 is 5.82 Å². The van der Waals surface area contributed by atoms with Crippen LogP contribution in [-0.4, -0.2) is 57.1 Å². The number of carbonyl (C=O) groups excluding carboxylic acids is 1. The van der Waals surface area contributed by atoms with Crippen LogP contribution in [0, 0.1) is 5.82 Å². The number of nitrogens with one attached hydrogen (secondary N) is 1. The van der Waals surface area contributed by atoms with E-state index in [4.69, 9.17) is 23.2 Å². The highest BCUT2D eigenvalue weighted by molar-refractivity contribution is 6.32. The highest BCUT2D eigenvalue weighted by Crippen LogP contribution is 2.44. The molecule has 1 aromatic carbocycles. The van der Waals surface area contributed by atoms with Crippen LogP contribution in [0.15, 0.2) is 42.9 Å². The van der Waals surface area contributed by atoms with Gasteiger partial charge < -0.3 is 15.0 Å². The van der Waals surface area contributed by atoms with Gasteiger partial charge in [0, 0.05) is 23.2 Å². The normalized spacial score (nSPS) is 19.3. The Bertz CT molecular complexity index is 1540. The Labute approximate surface area is 219 Å². The first-order valence-corrected chi connectivity index (χ1v) is 12.3. The average Bonchev–Trinajstić information content (AvgIpc) is 3.66. The number of fused-ring (bicyclic) bond motifs is 1. The highest BCUT2D eigenvalue weighted by atomic mass is 35.5. The summed E-state index contributed by atoms with van der Waals surface area (Å²) < 4.78 is 16.6. The van der Waals surface area contributed by atoms with Gasteiger partial charge in [-0.2, -0.15) is 4.68 Å². The zero-order chi connectivity index (χ0) is 25.7. The molecular formula is C24H19Cl2FN8O2. The van der Waals surface area contributed by atoms with Crippen molar-refractivity contribution < 1.29 is 14.3 Å². The molecule has 6 rings (SSSR count). The Morgan fingerprint density at radius 1 is 1.19 bits per heavy atom. The van der Waals surface area contributed by atoms with Gasteiger partial charge in [0.2, 0.25) is 5.91 Å². The van der Waals surface area contributed by atoms with Gasteiger partial charge in [0.25, 0.3) is 0 Å². The maximum absolute atomic E-state index is 15.3. The van der Waals surface area contributed by atoms with Crippen molar-refractivity contribution >= 4 is 34.7 Å². The number of hydrogen-bond acceptors (Lipinski definition) is 7. The maximum atomic E-state index is 15.3. The molecule has 5 heterocycles. The number of tetrazole rings is 1. The van der Waals surface area contributed by atoms with Crippen molar-refractivity contribution in [1.82, 2.24) is 40.1 Å². The maximum Gasteiger partial charge on any atom is 0.247 e. The van der Waals surface area contributed by atoms with E-state index in [0.717, 1.165) is 6.42 Å². The summed E-state index contributed by atoms with van der Waals surface area (Å²) in [7, 11) is 0. The van der Waals surface area contributed by atoms with Crippen molar-refractivity contribution in [3.63, 3.8) is 0 Å². The Hall–Kier alpha value is -3.67. The van der Waals surface area contributed by atoms with E-state index in [1.807, 2.05) is 0 Å². The number of halogens is 3. The molecule has 2 aliphatic heterocycles. The minimum absolute atomic E-state index is 0.0461. The predicted molar refractivity (Wildman–Crippen MR) is 132 cm³/mol. The average molecular weight is 541 g/mol. The van der Waals surface area contributed by atoms with Crippen molar-refractivity contribution in [2.24, 2.45) is 0 Å². The summed E-state index contributed by atoms with van der Waals surface area (Å²) in [5, 5.41) is 20.6. The topological polar surface area (TPSA) is 126 Å². The van der Waals surface area contributed by atoms with Gasteiger partial charge in [-0.15, -0.1) is 5.10 Å². The number of hydrogen-bond donors (Lipinski definition) is 2. The third kappa shape index (κ3) is 4.08. The van der Waals surface area contributed by atoms with Gasteiger partial charge in [0.15, 0.2) is 5.82 Å². The molecule has 3 aromatic heterocycles. The standard InChI is InChI=1S/C24H19Cl2FN8O2/c25-16-4-6-18(34-11-29-32-33-34)21(22(16)27)12-7-14-2-5-19(35(14)20(37)8-12)24-28-9-17(31-24)15-3-1-13(10-36)30-23(15)26/h1,3-4,6,8-9,11,14,19,36H,2,5,7,10H2,(H,28,31)/t14-,19+/m1/s1. The number of aromatic amines is 1. The van der Waals surface area contributed by atoms with Crippen LogP contribution < -0.4 is 0 Å². The first-order valence-electron chi connectivity index (χ1n) is 11.5. The third-order valence-corrected chi connectivity index (χ3v) is 7.35. The lowest BCUT2D eigenvalue weighted by Gasteiger charge is -2.33. The first kappa shape index (κ1) is 23.7. The lowest BCUT2D eigenvalue weighted by molar-refractivity contribution is -0.129.